The predicted molar refractivity (Wildman–Crippen MR) is 64.3 cm³/mol. The molecule has 18 heavy (non-hydrogen) atoms. The summed E-state index contributed by atoms with van der Waals surface area (Å²) in [6.45, 7) is 0. The van der Waals surface area contributed by atoms with Gasteiger partial charge in [-0.05, 0) is 42.5 Å². The number of carboxylic acids is 1. The molecule has 0 spiro atoms. The molecule has 0 aliphatic rings. The fourth-order valence-electron chi connectivity index (χ4n) is 1.43. The van der Waals surface area contributed by atoms with Gasteiger partial charge in [0.25, 0.3) is 0 Å². The van der Waals surface area contributed by atoms with Gasteiger partial charge in [0.05, 0.1) is 0 Å². The summed E-state index contributed by atoms with van der Waals surface area (Å²) in [5.41, 5.74) is 5.80. The van der Waals surface area contributed by atoms with Crippen LogP contribution in [0.4, 0.5) is 10.1 Å². The van der Waals surface area contributed by atoms with Crippen molar-refractivity contribution in [1.82, 2.24) is 0 Å². The van der Waals surface area contributed by atoms with Crippen molar-refractivity contribution < 1.29 is 19.0 Å². The number of carbonyl (C=O) groups is 1. The molecule has 0 aromatic heterocycles. The van der Waals surface area contributed by atoms with Crippen LogP contribution >= 0.6 is 0 Å². The van der Waals surface area contributed by atoms with Crippen LogP contribution < -0.4 is 10.5 Å². The molecule has 0 atom stereocenters. The van der Waals surface area contributed by atoms with Gasteiger partial charge in [-0.1, -0.05) is 0 Å². The minimum Gasteiger partial charge on any atom is -0.478 e. The summed E-state index contributed by atoms with van der Waals surface area (Å²) in [6, 6.07) is 9.59. The molecule has 0 amide bonds. The number of aromatic carboxylic acids is 1. The van der Waals surface area contributed by atoms with E-state index >= 15 is 0 Å². The summed E-state index contributed by atoms with van der Waals surface area (Å²) in [7, 11) is 0. The molecule has 0 aliphatic carbocycles. The van der Waals surface area contributed by atoms with Crippen molar-refractivity contribution in [2.45, 2.75) is 0 Å². The maximum absolute atomic E-state index is 12.7. The Morgan fingerprint density at radius 2 is 1.83 bits per heavy atom. The molecule has 0 saturated heterocycles. The lowest BCUT2D eigenvalue weighted by atomic mass is 10.2. The second kappa shape index (κ2) is 4.75. The Hall–Kier alpha value is -2.56. The number of nitrogens with two attached hydrogens (primary N) is 1. The molecule has 2 aromatic carbocycles. The summed E-state index contributed by atoms with van der Waals surface area (Å²) in [6.07, 6.45) is 0. The van der Waals surface area contributed by atoms with Gasteiger partial charge < -0.3 is 15.6 Å². The summed E-state index contributed by atoms with van der Waals surface area (Å²) in [5.74, 6) is -1.02. The van der Waals surface area contributed by atoms with Crippen LogP contribution in [-0.2, 0) is 0 Å². The van der Waals surface area contributed by atoms with Crippen molar-refractivity contribution in [2.24, 2.45) is 0 Å². The third kappa shape index (κ3) is 2.57. The van der Waals surface area contributed by atoms with E-state index in [1.807, 2.05) is 0 Å². The number of rotatable bonds is 3. The highest BCUT2D eigenvalue weighted by Gasteiger charge is 2.12. The van der Waals surface area contributed by atoms with Crippen LogP contribution in [0.1, 0.15) is 10.4 Å². The molecule has 0 unspecified atom stereocenters. The predicted octanol–water partition coefficient (Wildman–Crippen LogP) is 2.90. The molecular formula is C13H10FNO3. The van der Waals surface area contributed by atoms with Crippen LogP contribution in [0, 0.1) is 5.82 Å². The van der Waals surface area contributed by atoms with E-state index in [1.54, 1.807) is 0 Å². The van der Waals surface area contributed by atoms with E-state index in [9.17, 15) is 9.18 Å². The molecule has 0 fully saturated rings. The van der Waals surface area contributed by atoms with E-state index < -0.39 is 11.8 Å². The van der Waals surface area contributed by atoms with Crippen LogP contribution in [-0.4, -0.2) is 11.1 Å². The highest BCUT2D eigenvalue weighted by molar-refractivity contribution is 5.92. The van der Waals surface area contributed by atoms with Crippen LogP contribution in [0.5, 0.6) is 11.5 Å². The number of halogens is 1. The normalized spacial score (nSPS) is 10.1. The highest BCUT2D eigenvalue weighted by atomic mass is 19.1. The van der Waals surface area contributed by atoms with E-state index in [2.05, 4.69) is 0 Å². The lowest BCUT2D eigenvalue weighted by Gasteiger charge is -2.09. The third-order valence-corrected chi connectivity index (χ3v) is 2.28. The van der Waals surface area contributed by atoms with Gasteiger partial charge in [0.15, 0.2) is 0 Å². The molecule has 0 radical (unpaired) electrons. The van der Waals surface area contributed by atoms with Gasteiger partial charge in [-0.15, -0.1) is 0 Å². The van der Waals surface area contributed by atoms with Crippen LogP contribution in [0.3, 0.4) is 0 Å². The Morgan fingerprint density at radius 1 is 1.17 bits per heavy atom. The summed E-state index contributed by atoms with van der Waals surface area (Å²) < 4.78 is 18.1. The standard InChI is InChI=1S/C13H10FNO3/c14-8-1-4-10(5-2-8)18-12-6-3-9(15)7-11(12)13(16)17/h1-7H,15H2,(H,16,17). The zero-order valence-electron chi connectivity index (χ0n) is 9.26. The first kappa shape index (κ1) is 11.9. The van der Waals surface area contributed by atoms with Gasteiger partial charge in [0, 0.05) is 5.69 Å². The Bertz CT molecular complexity index is 581. The summed E-state index contributed by atoms with van der Waals surface area (Å²) in [4.78, 5) is 11.0. The first-order valence-corrected chi connectivity index (χ1v) is 5.12. The number of ether oxygens (including phenoxy) is 1. The number of hydrogen-bond donors (Lipinski definition) is 2. The molecule has 2 rings (SSSR count). The first-order valence-electron chi connectivity index (χ1n) is 5.12. The van der Waals surface area contributed by atoms with E-state index in [4.69, 9.17) is 15.6 Å². The van der Waals surface area contributed by atoms with Crippen LogP contribution in [0.2, 0.25) is 0 Å². The lowest BCUT2D eigenvalue weighted by molar-refractivity contribution is 0.0694. The molecule has 4 nitrogen and oxygen atoms in total. The third-order valence-electron chi connectivity index (χ3n) is 2.28. The molecule has 5 heteroatoms. The van der Waals surface area contributed by atoms with Gasteiger partial charge in [-0.25, -0.2) is 9.18 Å². The average Bonchev–Trinajstić information content (AvgIpc) is 2.34. The molecule has 92 valence electrons. The molecule has 3 N–H and O–H groups in total. The van der Waals surface area contributed by atoms with E-state index in [0.29, 0.717) is 11.4 Å². The Labute approximate surface area is 102 Å². The highest BCUT2D eigenvalue weighted by Crippen LogP contribution is 2.27. The Balaban J connectivity index is 2.34. The van der Waals surface area contributed by atoms with Gasteiger partial charge >= 0.3 is 5.97 Å². The Kier molecular flexibility index (Phi) is 3.14. The zero-order chi connectivity index (χ0) is 13.1. The maximum atomic E-state index is 12.7. The quantitative estimate of drug-likeness (QED) is 0.818. The molecule has 2 aromatic rings. The monoisotopic (exact) mass is 247 g/mol. The fraction of sp³-hybridized carbons (Fsp3) is 0. The van der Waals surface area contributed by atoms with E-state index in [-0.39, 0.29) is 11.3 Å². The van der Waals surface area contributed by atoms with E-state index in [1.165, 1.54) is 42.5 Å². The molecule has 0 aliphatic heterocycles. The van der Waals surface area contributed by atoms with Crippen molar-refractivity contribution in [3.8, 4) is 11.5 Å². The van der Waals surface area contributed by atoms with Crippen molar-refractivity contribution in [3.05, 3.63) is 53.8 Å². The van der Waals surface area contributed by atoms with Gasteiger partial charge in [-0.2, -0.15) is 0 Å². The van der Waals surface area contributed by atoms with Crippen molar-refractivity contribution in [3.63, 3.8) is 0 Å². The van der Waals surface area contributed by atoms with Crippen molar-refractivity contribution in [1.29, 1.82) is 0 Å². The smallest absolute Gasteiger partial charge is 0.339 e. The topological polar surface area (TPSA) is 72.5 Å². The number of carboxylic acid groups (broad SMARTS) is 1. The molecule has 0 saturated carbocycles. The van der Waals surface area contributed by atoms with E-state index in [0.717, 1.165) is 0 Å². The van der Waals surface area contributed by atoms with Crippen LogP contribution in [0.25, 0.3) is 0 Å². The van der Waals surface area contributed by atoms with Gasteiger partial charge in [0.2, 0.25) is 0 Å². The molecular weight excluding hydrogens is 237 g/mol. The van der Waals surface area contributed by atoms with Crippen molar-refractivity contribution in [2.75, 3.05) is 5.73 Å². The fourth-order valence-corrected chi connectivity index (χ4v) is 1.43. The minimum atomic E-state index is -1.14. The molecule has 0 heterocycles. The minimum absolute atomic E-state index is 0.0423. The zero-order valence-corrected chi connectivity index (χ0v) is 9.26. The lowest BCUT2D eigenvalue weighted by Crippen LogP contribution is -2.01. The largest absolute Gasteiger partial charge is 0.478 e. The second-order valence-electron chi connectivity index (χ2n) is 3.62. The molecule has 0 bridgehead atoms. The summed E-state index contributed by atoms with van der Waals surface area (Å²) in [5, 5.41) is 9.02. The summed E-state index contributed by atoms with van der Waals surface area (Å²) >= 11 is 0. The SMILES string of the molecule is Nc1ccc(Oc2ccc(F)cc2)c(C(=O)O)c1. The second-order valence-corrected chi connectivity index (χ2v) is 3.62. The van der Waals surface area contributed by atoms with Gasteiger partial charge in [0.1, 0.15) is 22.9 Å². The average molecular weight is 247 g/mol. The maximum Gasteiger partial charge on any atom is 0.339 e. The Morgan fingerprint density at radius 3 is 2.44 bits per heavy atom. The number of hydrogen-bond acceptors (Lipinski definition) is 3. The number of nitrogen functional groups attached to an aromatic ring is 1. The number of benzene rings is 2. The van der Waals surface area contributed by atoms with Crippen molar-refractivity contribution >= 4 is 11.7 Å². The first-order chi connectivity index (χ1) is 8.56. The number of anilines is 1. The van der Waals surface area contributed by atoms with Crippen LogP contribution in [0.15, 0.2) is 42.5 Å². The van der Waals surface area contributed by atoms with Gasteiger partial charge in [-0.3, -0.25) is 0 Å².